The van der Waals surface area contributed by atoms with Crippen LogP contribution < -0.4 is 10.1 Å². The number of carbonyl (C=O) groups is 1. The van der Waals surface area contributed by atoms with Gasteiger partial charge in [0.2, 0.25) is 0 Å². The summed E-state index contributed by atoms with van der Waals surface area (Å²) >= 11 is 0. The molecule has 2 rings (SSSR count). The molecule has 6 nitrogen and oxygen atoms in total. The molecule has 0 spiro atoms. The van der Waals surface area contributed by atoms with Gasteiger partial charge in [0.15, 0.2) is 5.69 Å². The standard InChI is InChI=1S/C14H11N2O4.Y/c1-10-7-8-12(13(9-10)16(18)19)15-14(17)20-11-5-3-2-4-6-11;/h2-7,9H,1H3,(H,15,17);/q-1;. The molecule has 2 aromatic rings. The van der Waals surface area contributed by atoms with Gasteiger partial charge in [-0.3, -0.25) is 10.1 Å². The molecule has 0 aliphatic rings. The van der Waals surface area contributed by atoms with E-state index in [2.05, 4.69) is 11.4 Å². The quantitative estimate of drug-likeness (QED) is 0.517. The van der Waals surface area contributed by atoms with E-state index < -0.39 is 11.0 Å². The van der Waals surface area contributed by atoms with Gasteiger partial charge in [0.05, 0.1) is 0 Å². The van der Waals surface area contributed by atoms with Crippen LogP contribution in [0.4, 0.5) is 16.2 Å². The Morgan fingerprint density at radius 3 is 2.62 bits per heavy atom. The van der Waals surface area contributed by atoms with Gasteiger partial charge in [0.25, 0.3) is 0 Å². The summed E-state index contributed by atoms with van der Waals surface area (Å²) < 4.78 is 4.99. The summed E-state index contributed by atoms with van der Waals surface area (Å²) in [4.78, 5) is 22.0. The minimum Gasteiger partial charge on any atom is -0.410 e. The summed E-state index contributed by atoms with van der Waals surface area (Å²) in [5, 5.41) is 13.2. The predicted octanol–water partition coefficient (Wildman–Crippen LogP) is 3.31. The summed E-state index contributed by atoms with van der Waals surface area (Å²) in [6.07, 6.45) is -0.806. The Morgan fingerprint density at radius 1 is 1.33 bits per heavy atom. The van der Waals surface area contributed by atoms with Crippen LogP contribution in [0.1, 0.15) is 5.56 Å². The first-order valence-electron chi connectivity index (χ1n) is 5.77. The third-order valence-corrected chi connectivity index (χ3v) is 2.44. The Kier molecular flexibility index (Phi) is 6.46. The van der Waals surface area contributed by atoms with Crippen molar-refractivity contribution in [2.24, 2.45) is 0 Å². The van der Waals surface area contributed by atoms with Crippen LogP contribution in [0.25, 0.3) is 0 Å². The molecule has 0 heterocycles. The van der Waals surface area contributed by atoms with Crippen molar-refractivity contribution in [3.63, 3.8) is 0 Å². The SMILES string of the molecule is Cc1c[c-]c(NC(=O)Oc2ccccc2)c([N+](=O)[O-])c1.[Y]. The number of benzene rings is 2. The zero-order valence-electron chi connectivity index (χ0n) is 11.2. The molecule has 1 radical (unpaired) electrons. The van der Waals surface area contributed by atoms with Gasteiger partial charge in [-0.15, -0.1) is 0 Å². The molecule has 2 aromatic carbocycles. The number of aryl methyl sites for hydroxylation is 1. The van der Waals surface area contributed by atoms with Crippen LogP contribution in [-0.4, -0.2) is 11.0 Å². The van der Waals surface area contributed by atoms with Crippen LogP contribution in [0.2, 0.25) is 0 Å². The monoisotopic (exact) mass is 360 g/mol. The van der Waals surface area contributed by atoms with Crippen molar-refractivity contribution >= 4 is 17.5 Å². The molecule has 0 saturated carbocycles. The van der Waals surface area contributed by atoms with Crippen LogP contribution in [-0.2, 0) is 32.7 Å². The number of para-hydroxylation sites is 1. The molecule has 0 saturated heterocycles. The molecule has 0 aliphatic carbocycles. The molecule has 0 aromatic heterocycles. The van der Waals surface area contributed by atoms with Crippen LogP contribution >= 0.6 is 0 Å². The number of amides is 1. The van der Waals surface area contributed by atoms with E-state index in [9.17, 15) is 14.9 Å². The first-order valence-corrected chi connectivity index (χ1v) is 5.77. The van der Waals surface area contributed by atoms with E-state index >= 15 is 0 Å². The van der Waals surface area contributed by atoms with E-state index in [1.54, 1.807) is 43.3 Å². The third kappa shape index (κ3) is 4.91. The topological polar surface area (TPSA) is 81.5 Å². The fraction of sp³-hybridized carbons (Fsp3) is 0.0714. The zero-order chi connectivity index (χ0) is 14.5. The maximum atomic E-state index is 11.7. The summed E-state index contributed by atoms with van der Waals surface area (Å²) in [5.41, 5.74) is 0.426. The Morgan fingerprint density at radius 2 is 2.00 bits per heavy atom. The van der Waals surface area contributed by atoms with E-state index in [0.29, 0.717) is 11.3 Å². The fourth-order valence-electron chi connectivity index (χ4n) is 1.56. The number of nitrogens with zero attached hydrogens (tertiary/aromatic N) is 1. The van der Waals surface area contributed by atoms with Crippen molar-refractivity contribution in [1.82, 2.24) is 0 Å². The van der Waals surface area contributed by atoms with E-state index in [1.165, 1.54) is 6.07 Å². The van der Waals surface area contributed by atoms with Gasteiger partial charge in [-0.05, 0) is 12.1 Å². The van der Waals surface area contributed by atoms with Crippen molar-refractivity contribution < 1.29 is 47.2 Å². The maximum Gasteiger partial charge on any atom is 0.415 e. The van der Waals surface area contributed by atoms with Gasteiger partial charge < -0.3 is 10.1 Å². The Balaban J connectivity index is 0.00000220. The number of hydrogen-bond donors (Lipinski definition) is 1. The average Bonchev–Trinajstić information content (AvgIpc) is 2.41. The minimum atomic E-state index is -0.806. The number of rotatable bonds is 3. The zero-order valence-corrected chi connectivity index (χ0v) is 14.0. The molecule has 0 fully saturated rings. The van der Waals surface area contributed by atoms with Crippen LogP contribution in [0.3, 0.4) is 0 Å². The van der Waals surface area contributed by atoms with Crippen LogP contribution in [0.15, 0.2) is 42.5 Å². The summed E-state index contributed by atoms with van der Waals surface area (Å²) in [5.74, 6) is 0.347. The number of ether oxygens (including phenoxy) is 1. The van der Waals surface area contributed by atoms with Gasteiger partial charge in [-0.1, -0.05) is 31.2 Å². The second kappa shape index (κ2) is 7.85. The fourth-order valence-corrected chi connectivity index (χ4v) is 1.56. The number of carbonyl (C=O) groups excluding carboxylic acids is 1. The van der Waals surface area contributed by atoms with Crippen LogP contribution in [0, 0.1) is 23.1 Å². The molecule has 1 N–H and O–H groups in total. The molecule has 1 amide bonds. The van der Waals surface area contributed by atoms with Crippen LogP contribution in [0.5, 0.6) is 5.75 Å². The molecule has 0 atom stereocenters. The number of nitro benzene ring substituents is 1. The second-order valence-corrected chi connectivity index (χ2v) is 4.02. The maximum absolute atomic E-state index is 11.7. The van der Waals surface area contributed by atoms with Gasteiger partial charge in [0.1, 0.15) is 5.75 Å². The van der Waals surface area contributed by atoms with Gasteiger partial charge in [-0.2, -0.15) is 17.7 Å². The first-order chi connectivity index (χ1) is 9.56. The Bertz CT molecular complexity index is 647. The van der Waals surface area contributed by atoms with Gasteiger partial charge >= 0.3 is 6.09 Å². The largest absolute Gasteiger partial charge is 0.415 e. The molecule has 21 heavy (non-hydrogen) atoms. The number of nitrogens with one attached hydrogen (secondary N) is 1. The Hall–Kier alpha value is -1.79. The predicted molar refractivity (Wildman–Crippen MR) is 72.8 cm³/mol. The van der Waals surface area contributed by atoms with E-state index in [-0.39, 0.29) is 44.1 Å². The van der Waals surface area contributed by atoms with Crippen molar-refractivity contribution in [2.45, 2.75) is 6.92 Å². The van der Waals surface area contributed by atoms with Crippen molar-refractivity contribution in [2.75, 3.05) is 5.32 Å². The van der Waals surface area contributed by atoms with Crippen molar-refractivity contribution in [3.8, 4) is 5.75 Å². The van der Waals surface area contributed by atoms with E-state index in [0.717, 1.165) is 0 Å². The van der Waals surface area contributed by atoms with Crippen molar-refractivity contribution in [3.05, 3.63) is 64.2 Å². The average molecular weight is 360 g/mol. The normalized spacial score (nSPS) is 9.38. The Labute approximate surface area is 146 Å². The number of nitro groups is 1. The molecule has 7 heteroatoms. The summed E-state index contributed by atoms with van der Waals surface area (Å²) in [7, 11) is 0. The van der Waals surface area contributed by atoms with Gasteiger partial charge in [-0.25, -0.2) is 4.79 Å². The second-order valence-electron chi connectivity index (χ2n) is 4.02. The van der Waals surface area contributed by atoms with Gasteiger partial charge in [0, 0.05) is 43.3 Å². The van der Waals surface area contributed by atoms with Crippen molar-refractivity contribution in [1.29, 1.82) is 0 Å². The first kappa shape index (κ1) is 17.3. The molecular formula is C14H11N2O4Y-. The molecule has 105 valence electrons. The minimum absolute atomic E-state index is 0. The van der Waals surface area contributed by atoms with E-state index in [4.69, 9.17) is 4.74 Å². The number of hydrogen-bond acceptors (Lipinski definition) is 4. The third-order valence-electron chi connectivity index (χ3n) is 2.44. The molecule has 0 aliphatic heterocycles. The smallest absolute Gasteiger partial charge is 0.410 e. The molecular weight excluding hydrogens is 349 g/mol. The molecule has 0 unspecified atom stereocenters. The van der Waals surface area contributed by atoms with E-state index in [1.807, 2.05) is 0 Å². The molecule has 0 bridgehead atoms. The summed E-state index contributed by atoms with van der Waals surface area (Å²) in [6, 6.07) is 14.0. The number of anilines is 1. The summed E-state index contributed by atoms with van der Waals surface area (Å²) in [6.45, 7) is 1.70.